The Bertz CT molecular complexity index is 1550. The second kappa shape index (κ2) is 8.03. The van der Waals surface area contributed by atoms with Crippen LogP contribution in [-0.4, -0.2) is 30.1 Å². The van der Waals surface area contributed by atoms with E-state index < -0.39 is 0 Å². The van der Waals surface area contributed by atoms with Crippen molar-refractivity contribution in [3.05, 3.63) is 89.1 Å². The topological polar surface area (TPSA) is 83.1 Å². The van der Waals surface area contributed by atoms with Gasteiger partial charge in [0.25, 0.3) is 0 Å². The Morgan fingerprint density at radius 3 is 2.66 bits per heavy atom. The molecule has 2 N–H and O–H groups in total. The van der Waals surface area contributed by atoms with Gasteiger partial charge >= 0.3 is 0 Å². The second-order valence-corrected chi connectivity index (χ2v) is 7.24. The Kier molecular flexibility index (Phi) is 4.91. The highest BCUT2D eigenvalue weighted by atomic mass is 19.1. The molecule has 5 aromatic rings. The molecule has 4 aromatic heterocycles. The van der Waals surface area contributed by atoms with Gasteiger partial charge in [0, 0.05) is 29.4 Å². The van der Waals surface area contributed by atoms with Gasteiger partial charge in [-0.2, -0.15) is 5.10 Å². The van der Waals surface area contributed by atoms with E-state index >= 15 is 0 Å². The van der Waals surface area contributed by atoms with Crippen LogP contribution in [0.4, 0.5) is 4.39 Å². The summed E-state index contributed by atoms with van der Waals surface area (Å²) in [6.07, 6.45) is 9.30. The summed E-state index contributed by atoms with van der Waals surface area (Å²) in [5.74, 6) is 0.298. The zero-order valence-electron chi connectivity index (χ0n) is 17.3. The number of hydrogen-bond donors (Lipinski definition) is 2. The third-order valence-corrected chi connectivity index (χ3v) is 5.23. The number of aromatic nitrogens is 6. The van der Waals surface area contributed by atoms with E-state index in [9.17, 15) is 4.39 Å². The van der Waals surface area contributed by atoms with E-state index in [1.807, 2.05) is 43.5 Å². The van der Waals surface area contributed by atoms with Gasteiger partial charge in [0.15, 0.2) is 5.82 Å². The maximum Gasteiger partial charge on any atom is 0.159 e. The smallest absolute Gasteiger partial charge is 0.159 e. The van der Waals surface area contributed by atoms with Crippen LogP contribution in [0.25, 0.3) is 52.0 Å². The van der Waals surface area contributed by atoms with Crippen molar-refractivity contribution in [2.24, 2.45) is 0 Å². The van der Waals surface area contributed by atoms with Crippen molar-refractivity contribution in [1.29, 1.82) is 0 Å². The van der Waals surface area contributed by atoms with Gasteiger partial charge in [-0.25, -0.2) is 9.37 Å². The molecule has 0 aliphatic heterocycles. The summed E-state index contributed by atoms with van der Waals surface area (Å²) in [4.78, 5) is 16.8. The maximum absolute atomic E-state index is 13.4. The van der Waals surface area contributed by atoms with Gasteiger partial charge in [-0.1, -0.05) is 18.7 Å². The molecule has 0 spiro atoms. The minimum Gasteiger partial charge on any atom is -0.336 e. The van der Waals surface area contributed by atoms with Crippen molar-refractivity contribution in [3.63, 3.8) is 0 Å². The Hall–Kier alpha value is -4.39. The fourth-order valence-electron chi connectivity index (χ4n) is 3.61. The van der Waals surface area contributed by atoms with E-state index in [1.165, 1.54) is 12.1 Å². The third-order valence-electron chi connectivity index (χ3n) is 5.23. The molecule has 7 heteroatoms. The van der Waals surface area contributed by atoms with Crippen LogP contribution in [0.5, 0.6) is 0 Å². The predicted octanol–water partition coefficient (Wildman–Crippen LogP) is 3.84. The monoisotopic (exact) mass is 422 g/mol. The maximum atomic E-state index is 13.4. The molecule has 5 rings (SSSR count). The molecule has 6 nitrogen and oxygen atoms in total. The first-order valence-electron chi connectivity index (χ1n) is 10.1. The molecule has 32 heavy (non-hydrogen) atoms. The van der Waals surface area contributed by atoms with Crippen LogP contribution in [0.2, 0.25) is 0 Å². The van der Waals surface area contributed by atoms with Crippen LogP contribution >= 0.6 is 0 Å². The molecule has 1 aromatic carbocycles. The van der Waals surface area contributed by atoms with Crippen molar-refractivity contribution in [2.45, 2.75) is 6.92 Å². The molecular formula is C25H19FN6. The molecule has 0 aliphatic carbocycles. The Labute approximate surface area is 182 Å². The van der Waals surface area contributed by atoms with Crippen molar-refractivity contribution in [3.8, 4) is 22.8 Å². The van der Waals surface area contributed by atoms with Crippen molar-refractivity contribution < 1.29 is 4.39 Å². The number of rotatable bonds is 4. The van der Waals surface area contributed by atoms with Gasteiger partial charge in [0.1, 0.15) is 17.0 Å². The zero-order valence-corrected chi connectivity index (χ0v) is 17.3. The van der Waals surface area contributed by atoms with E-state index in [0.717, 1.165) is 27.4 Å². The minimum absolute atomic E-state index is 0.295. The SMILES string of the molecule is C=c1[nH]nc(-c2nc3c(-c4ccc(F)cc4)nccc3[nH]2)/c1=C/C(=C\C)c1cccnc1. The van der Waals surface area contributed by atoms with Crippen molar-refractivity contribution in [1.82, 2.24) is 30.1 Å². The highest BCUT2D eigenvalue weighted by Crippen LogP contribution is 2.26. The lowest BCUT2D eigenvalue weighted by atomic mass is 10.1. The molecule has 0 bridgehead atoms. The number of nitrogens with zero attached hydrogens (tertiary/aromatic N) is 4. The lowest BCUT2D eigenvalue weighted by molar-refractivity contribution is 0.628. The number of hydrogen-bond acceptors (Lipinski definition) is 4. The molecule has 0 fully saturated rings. The van der Waals surface area contributed by atoms with E-state index in [0.29, 0.717) is 28.1 Å². The Morgan fingerprint density at radius 1 is 1.06 bits per heavy atom. The number of allylic oxidation sites excluding steroid dienone is 2. The van der Waals surface area contributed by atoms with Crippen molar-refractivity contribution >= 4 is 29.3 Å². The van der Waals surface area contributed by atoms with Gasteiger partial charge in [-0.15, -0.1) is 0 Å². The quantitative estimate of drug-likeness (QED) is 0.461. The van der Waals surface area contributed by atoms with E-state index in [2.05, 4.69) is 31.7 Å². The second-order valence-electron chi connectivity index (χ2n) is 7.24. The van der Waals surface area contributed by atoms with Crippen LogP contribution in [0.15, 0.2) is 67.1 Å². The molecule has 0 atom stereocenters. The minimum atomic E-state index is -0.295. The number of fused-ring (bicyclic) bond motifs is 1. The summed E-state index contributed by atoms with van der Waals surface area (Å²) < 4.78 is 13.4. The van der Waals surface area contributed by atoms with Crippen LogP contribution in [-0.2, 0) is 0 Å². The molecule has 0 saturated carbocycles. The van der Waals surface area contributed by atoms with Crippen LogP contribution in [0, 0.1) is 5.82 Å². The fraction of sp³-hybridized carbons (Fsp3) is 0.0400. The number of pyridine rings is 2. The normalized spacial score (nSPS) is 12.6. The van der Waals surface area contributed by atoms with Crippen LogP contribution in [0.1, 0.15) is 12.5 Å². The predicted molar refractivity (Wildman–Crippen MR) is 124 cm³/mol. The average Bonchev–Trinajstić information content (AvgIpc) is 3.41. The molecular weight excluding hydrogens is 403 g/mol. The summed E-state index contributed by atoms with van der Waals surface area (Å²) in [5, 5.41) is 8.92. The first kappa shape index (κ1) is 19.6. The molecule has 0 radical (unpaired) electrons. The van der Waals surface area contributed by atoms with Gasteiger partial charge in [0.05, 0.1) is 16.6 Å². The van der Waals surface area contributed by atoms with E-state index in [1.54, 1.807) is 24.5 Å². The van der Waals surface area contributed by atoms with E-state index in [4.69, 9.17) is 4.98 Å². The molecule has 0 aliphatic rings. The third kappa shape index (κ3) is 3.50. The highest BCUT2D eigenvalue weighted by molar-refractivity contribution is 5.92. The standard InChI is InChI=1S/C25H19FN6/c1-3-16(18-5-4-11-27-14-18)13-20-15(2)31-32-23(20)25-29-21-10-12-28-22(24(21)30-25)17-6-8-19(26)9-7-17/h3-14,31H,2H2,1H3,(H,29,30)/b16-3+,20-13+. The molecule has 4 heterocycles. The molecule has 0 saturated heterocycles. The summed E-state index contributed by atoms with van der Waals surface area (Å²) in [6.45, 7) is 6.07. The van der Waals surface area contributed by atoms with E-state index in [-0.39, 0.29) is 5.82 Å². The average molecular weight is 422 g/mol. The lowest BCUT2D eigenvalue weighted by Gasteiger charge is -2.01. The number of benzene rings is 1. The largest absolute Gasteiger partial charge is 0.336 e. The first-order valence-corrected chi connectivity index (χ1v) is 10.1. The highest BCUT2D eigenvalue weighted by Gasteiger charge is 2.15. The first-order chi connectivity index (χ1) is 15.6. The number of imidazole rings is 1. The zero-order chi connectivity index (χ0) is 22.1. The summed E-state index contributed by atoms with van der Waals surface area (Å²) >= 11 is 0. The molecule has 156 valence electrons. The number of aromatic amines is 2. The fourth-order valence-corrected chi connectivity index (χ4v) is 3.61. The summed E-state index contributed by atoms with van der Waals surface area (Å²) in [5.41, 5.74) is 5.60. The lowest BCUT2D eigenvalue weighted by Crippen LogP contribution is -2.22. The summed E-state index contributed by atoms with van der Waals surface area (Å²) in [7, 11) is 0. The van der Waals surface area contributed by atoms with Gasteiger partial charge in [0.2, 0.25) is 0 Å². The van der Waals surface area contributed by atoms with Gasteiger partial charge < -0.3 is 4.98 Å². The number of halogens is 1. The Morgan fingerprint density at radius 2 is 1.91 bits per heavy atom. The van der Waals surface area contributed by atoms with Gasteiger partial charge in [-0.05, 0) is 60.5 Å². The number of nitrogens with one attached hydrogen (secondary N) is 2. The van der Waals surface area contributed by atoms with Crippen LogP contribution < -0.4 is 10.6 Å². The summed E-state index contributed by atoms with van der Waals surface area (Å²) in [6, 6.07) is 12.0. The van der Waals surface area contributed by atoms with Gasteiger partial charge in [-0.3, -0.25) is 15.1 Å². The van der Waals surface area contributed by atoms with Crippen molar-refractivity contribution in [2.75, 3.05) is 0 Å². The molecule has 0 amide bonds. The Balaban J connectivity index is 1.66. The number of H-pyrrole nitrogens is 2. The molecule has 0 unspecified atom stereocenters. The van der Waals surface area contributed by atoms with Crippen LogP contribution in [0.3, 0.4) is 0 Å².